The number of rotatable bonds is 2. The van der Waals surface area contributed by atoms with Crippen LogP contribution in [0.15, 0.2) is 6.07 Å². The molecule has 0 amide bonds. The molecule has 17 heavy (non-hydrogen) atoms. The molecule has 1 aliphatic rings. The highest BCUT2D eigenvalue weighted by molar-refractivity contribution is 5.33. The molecule has 5 nitrogen and oxygen atoms in total. The Hall–Kier alpha value is -1.67. The van der Waals surface area contributed by atoms with Crippen molar-refractivity contribution in [1.29, 1.82) is 5.26 Å². The van der Waals surface area contributed by atoms with E-state index in [1.54, 1.807) is 6.07 Å². The molecule has 1 unspecified atom stereocenters. The molecule has 2 heterocycles. The molecule has 0 spiro atoms. The molecule has 0 radical (unpaired) electrons. The summed E-state index contributed by atoms with van der Waals surface area (Å²) in [5.74, 6) is 0.565. The SMILES string of the molecule is Cc1cc(C#N)nc(NC2CCCCNC2)n1. The summed E-state index contributed by atoms with van der Waals surface area (Å²) in [7, 11) is 0. The Labute approximate surface area is 101 Å². The zero-order valence-electron chi connectivity index (χ0n) is 10.0. The summed E-state index contributed by atoms with van der Waals surface area (Å²) in [6.45, 7) is 3.88. The topological polar surface area (TPSA) is 73.6 Å². The highest BCUT2D eigenvalue weighted by Gasteiger charge is 2.13. The zero-order valence-corrected chi connectivity index (χ0v) is 10.0. The Kier molecular flexibility index (Phi) is 3.89. The molecule has 5 heteroatoms. The molecule has 1 saturated heterocycles. The lowest BCUT2D eigenvalue weighted by atomic mass is 10.1. The van der Waals surface area contributed by atoms with Gasteiger partial charge in [0.05, 0.1) is 0 Å². The molecule has 0 saturated carbocycles. The smallest absolute Gasteiger partial charge is 0.224 e. The predicted molar refractivity (Wildman–Crippen MR) is 65.6 cm³/mol. The second-order valence-corrected chi connectivity index (χ2v) is 4.37. The fraction of sp³-hybridized carbons (Fsp3) is 0.583. The monoisotopic (exact) mass is 231 g/mol. The van der Waals surface area contributed by atoms with Gasteiger partial charge in [-0.25, -0.2) is 9.97 Å². The third kappa shape index (κ3) is 3.40. The highest BCUT2D eigenvalue weighted by atomic mass is 15.1. The summed E-state index contributed by atoms with van der Waals surface area (Å²) in [5.41, 5.74) is 1.24. The molecule has 0 aliphatic carbocycles. The Morgan fingerprint density at radius 2 is 2.35 bits per heavy atom. The summed E-state index contributed by atoms with van der Waals surface area (Å²) in [5, 5.41) is 15.5. The second kappa shape index (κ2) is 5.60. The van der Waals surface area contributed by atoms with Crippen molar-refractivity contribution in [2.75, 3.05) is 18.4 Å². The van der Waals surface area contributed by atoms with Gasteiger partial charge in [0.1, 0.15) is 11.8 Å². The van der Waals surface area contributed by atoms with Gasteiger partial charge in [-0.1, -0.05) is 6.42 Å². The normalized spacial score (nSPS) is 20.4. The van der Waals surface area contributed by atoms with E-state index in [4.69, 9.17) is 5.26 Å². The van der Waals surface area contributed by atoms with E-state index in [0.29, 0.717) is 17.7 Å². The molecule has 1 aliphatic heterocycles. The van der Waals surface area contributed by atoms with Gasteiger partial charge in [0, 0.05) is 18.3 Å². The number of nitriles is 1. The van der Waals surface area contributed by atoms with E-state index in [0.717, 1.165) is 25.2 Å². The molecule has 90 valence electrons. The first-order valence-electron chi connectivity index (χ1n) is 6.01. The van der Waals surface area contributed by atoms with Gasteiger partial charge in [0.2, 0.25) is 5.95 Å². The number of hydrogen-bond acceptors (Lipinski definition) is 5. The van der Waals surface area contributed by atoms with E-state index in [9.17, 15) is 0 Å². The van der Waals surface area contributed by atoms with Crippen molar-refractivity contribution in [2.45, 2.75) is 32.2 Å². The minimum absolute atomic E-state index is 0.353. The maximum atomic E-state index is 8.86. The van der Waals surface area contributed by atoms with Crippen LogP contribution in [0, 0.1) is 18.3 Å². The first-order chi connectivity index (χ1) is 8.28. The summed E-state index contributed by atoms with van der Waals surface area (Å²) >= 11 is 0. The van der Waals surface area contributed by atoms with Crippen LogP contribution in [0.4, 0.5) is 5.95 Å². The van der Waals surface area contributed by atoms with Crippen LogP contribution in [0.2, 0.25) is 0 Å². The van der Waals surface area contributed by atoms with Gasteiger partial charge in [-0.15, -0.1) is 0 Å². The van der Waals surface area contributed by atoms with Crippen LogP contribution in [0.3, 0.4) is 0 Å². The molecule has 2 N–H and O–H groups in total. The first-order valence-corrected chi connectivity index (χ1v) is 6.01. The van der Waals surface area contributed by atoms with Crippen LogP contribution in [-0.2, 0) is 0 Å². The fourth-order valence-electron chi connectivity index (χ4n) is 2.02. The predicted octanol–water partition coefficient (Wildman–Crippen LogP) is 1.21. The summed E-state index contributed by atoms with van der Waals surface area (Å²) in [6, 6.07) is 4.09. The van der Waals surface area contributed by atoms with Gasteiger partial charge in [-0.3, -0.25) is 0 Å². The van der Waals surface area contributed by atoms with Crippen LogP contribution in [-0.4, -0.2) is 29.1 Å². The molecular formula is C12H17N5. The lowest BCUT2D eigenvalue weighted by Crippen LogP contribution is -2.31. The number of anilines is 1. The third-order valence-electron chi connectivity index (χ3n) is 2.85. The Bertz CT molecular complexity index is 415. The van der Waals surface area contributed by atoms with Crippen LogP contribution in [0.1, 0.15) is 30.7 Å². The van der Waals surface area contributed by atoms with E-state index in [1.165, 1.54) is 12.8 Å². The van der Waals surface area contributed by atoms with Crippen molar-refractivity contribution in [3.63, 3.8) is 0 Å². The molecule has 2 rings (SSSR count). The minimum atomic E-state index is 0.353. The number of hydrogen-bond donors (Lipinski definition) is 2. The fourth-order valence-corrected chi connectivity index (χ4v) is 2.02. The van der Waals surface area contributed by atoms with Gasteiger partial charge in [-0.05, 0) is 32.4 Å². The van der Waals surface area contributed by atoms with Gasteiger partial charge in [-0.2, -0.15) is 5.26 Å². The van der Waals surface area contributed by atoms with Crippen LogP contribution in [0.25, 0.3) is 0 Å². The molecule has 0 aromatic carbocycles. The molecular weight excluding hydrogens is 214 g/mol. The van der Waals surface area contributed by atoms with Crippen LogP contribution < -0.4 is 10.6 Å². The van der Waals surface area contributed by atoms with E-state index in [-0.39, 0.29) is 0 Å². The van der Waals surface area contributed by atoms with Gasteiger partial charge in [0.25, 0.3) is 0 Å². The maximum Gasteiger partial charge on any atom is 0.224 e. The van der Waals surface area contributed by atoms with E-state index < -0.39 is 0 Å². The largest absolute Gasteiger partial charge is 0.350 e. The number of nitrogens with zero attached hydrogens (tertiary/aromatic N) is 3. The van der Waals surface area contributed by atoms with Crippen molar-refractivity contribution in [2.24, 2.45) is 0 Å². The minimum Gasteiger partial charge on any atom is -0.350 e. The van der Waals surface area contributed by atoms with Crippen LogP contribution in [0.5, 0.6) is 0 Å². The van der Waals surface area contributed by atoms with Gasteiger partial charge < -0.3 is 10.6 Å². The zero-order chi connectivity index (χ0) is 12.1. The van der Waals surface area contributed by atoms with E-state index in [1.807, 2.05) is 6.92 Å². The van der Waals surface area contributed by atoms with E-state index in [2.05, 4.69) is 26.7 Å². The number of nitrogens with one attached hydrogen (secondary N) is 2. The Morgan fingerprint density at radius 3 is 3.18 bits per heavy atom. The average molecular weight is 231 g/mol. The maximum absolute atomic E-state index is 8.86. The van der Waals surface area contributed by atoms with E-state index >= 15 is 0 Å². The average Bonchev–Trinajstić information content (AvgIpc) is 2.57. The summed E-state index contributed by atoms with van der Waals surface area (Å²) in [4.78, 5) is 8.47. The van der Waals surface area contributed by atoms with Gasteiger partial charge >= 0.3 is 0 Å². The molecule has 1 atom stereocenters. The number of aromatic nitrogens is 2. The molecule has 1 fully saturated rings. The molecule has 1 aromatic heterocycles. The third-order valence-corrected chi connectivity index (χ3v) is 2.85. The quantitative estimate of drug-likeness (QED) is 0.800. The highest BCUT2D eigenvalue weighted by Crippen LogP contribution is 2.10. The lowest BCUT2D eigenvalue weighted by molar-refractivity contribution is 0.630. The standard InChI is InChI=1S/C12H17N5/c1-9-6-11(7-13)17-12(15-9)16-10-4-2-3-5-14-8-10/h6,10,14H,2-5,8H2,1H3,(H,15,16,17). The van der Waals surface area contributed by atoms with Crippen molar-refractivity contribution < 1.29 is 0 Å². The van der Waals surface area contributed by atoms with Crippen molar-refractivity contribution in [1.82, 2.24) is 15.3 Å². The van der Waals surface area contributed by atoms with Gasteiger partial charge in [0.15, 0.2) is 0 Å². The van der Waals surface area contributed by atoms with Crippen molar-refractivity contribution in [3.8, 4) is 6.07 Å². The first kappa shape index (κ1) is 11.8. The molecule has 0 bridgehead atoms. The summed E-state index contributed by atoms with van der Waals surface area (Å²) < 4.78 is 0. The number of aryl methyl sites for hydroxylation is 1. The Morgan fingerprint density at radius 1 is 1.47 bits per heavy atom. The Balaban J connectivity index is 2.06. The molecule has 1 aromatic rings. The van der Waals surface area contributed by atoms with Crippen molar-refractivity contribution in [3.05, 3.63) is 17.5 Å². The summed E-state index contributed by atoms with van der Waals surface area (Å²) in [6.07, 6.45) is 3.55. The second-order valence-electron chi connectivity index (χ2n) is 4.37. The van der Waals surface area contributed by atoms with Crippen LogP contribution >= 0.6 is 0 Å². The van der Waals surface area contributed by atoms with Crippen molar-refractivity contribution >= 4 is 5.95 Å². The lowest BCUT2D eigenvalue weighted by Gasteiger charge is -2.16.